The Morgan fingerprint density at radius 3 is 1.33 bits per heavy atom. The van der Waals surface area contributed by atoms with E-state index in [0.717, 1.165) is 61.1 Å². The van der Waals surface area contributed by atoms with Crippen LogP contribution in [0.5, 0.6) is 0 Å². The first-order valence-electron chi connectivity index (χ1n) is 20.1. The lowest BCUT2D eigenvalue weighted by Crippen LogP contribution is -2.13. The third-order valence-corrected chi connectivity index (χ3v) is 11.0. The van der Waals surface area contributed by atoms with Crippen LogP contribution in [0.3, 0.4) is 0 Å². The number of carbonyl (C=O) groups excluding carboxylic acids is 2. The van der Waals surface area contributed by atoms with Gasteiger partial charge in [0.2, 0.25) is 0 Å². The molecule has 51 heavy (non-hydrogen) atoms. The average Bonchev–Trinajstić information content (AvgIpc) is 3.20. The second kappa shape index (κ2) is 27.6. The minimum Gasteiger partial charge on any atom is -0.400 e. The largest absolute Gasteiger partial charge is 0.400 e. The molecule has 1 N–H and O–H groups in total. The monoisotopic (exact) mass is 699 g/mol. The molecule has 1 unspecified atom stereocenters. The first-order valence-corrected chi connectivity index (χ1v) is 20.1. The number of carbonyl (C=O) groups is 2. The standard InChI is InChI=1S/2C18H26O.C10H14O.CH4O/c2*1-2-3-4-5-15-6-10-17(11-7-15)18-12-8-16(14-19)9-13-18;1-9(8-11-2)10-6-4-3-5-7-10;1-2/h2*8-9,12-15,17H,2-7,10-11H2,1H3;3-7,9H,8H2,1-2H3;2H,1H3. The van der Waals surface area contributed by atoms with Gasteiger partial charge in [0.05, 0.1) is 6.61 Å². The summed E-state index contributed by atoms with van der Waals surface area (Å²) in [5.74, 6) is 3.89. The van der Waals surface area contributed by atoms with E-state index >= 15 is 0 Å². The van der Waals surface area contributed by atoms with E-state index in [1.54, 1.807) is 7.11 Å². The van der Waals surface area contributed by atoms with Gasteiger partial charge in [-0.15, -0.1) is 0 Å². The third kappa shape index (κ3) is 17.3. The molecule has 2 saturated carbocycles. The van der Waals surface area contributed by atoms with Gasteiger partial charge >= 0.3 is 0 Å². The molecular formula is C47H70O4. The molecular weight excluding hydrogens is 629 g/mol. The quantitative estimate of drug-likeness (QED) is 0.127. The summed E-state index contributed by atoms with van der Waals surface area (Å²) in [6.07, 6.45) is 23.9. The van der Waals surface area contributed by atoms with Crippen LogP contribution in [0.25, 0.3) is 0 Å². The van der Waals surface area contributed by atoms with Gasteiger partial charge < -0.3 is 9.84 Å². The van der Waals surface area contributed by atoms with Gasteiger partial charge in [0.1, 0.15) is 12.6 Å². The summed E-state index contributed by atoms with van der Waals surface area (Å²) in [6.45, 7) is 7.52. The fourth-order valence-electron chi connectivity index (χ4n) is 7.76. The predicted molar refractivity (Wildman–Crippen MR) is 216 cm³/mol. The fraction of sp³-hybridized carbons (Fsp3) is 0.574. The van der Waals surface area contributed by atoms with Gasteiger partial charge in [-0.05, 0) is 91.7 Å². The summed E-state index contributed by atoms with van der Waals surface area (Å²) in [5.41, 5.74) is 5.78. The third-order valence-electron chi connectivity index (χ3n) is 11.0. The SMILES string of the molecule is CCCCCC1CCC(c2ccc(C=O)cc2)CC1.CCCCCC1CCC(c2ccc(C=O)cc2)CC1.CO.COCC(C)c1ccccc1. The fourth-order valence-corrected chi connectivity index (χ4v) is 7.76. The van der Waals surface area contributed by atoms with Crippen LogP contribution < -0.4 is 0 Å². The summed E-state index contributed by atoms with van der Waals surface area (Å²) in [6, 6.07) is 26.8. The Morgan fingerprint density at radius 1 is 0.608 bits per heavy atom. The van der Waals surface area contributed by atoms with Crippen LogP contribution in [0.2, 0.25) is 0 Å². The number of hydrogen-bond donors (Lipinski definition) is 1. The molecule has 0 spiro atoms. The van der Waals surface area contributed by atoms with Crippen LogP contribution in [0, 0.1) is 11.8 Å². The van der Waals surface area contributed by atoms with Gasteiger partial charge in [0.15, 0.2) is 0 Å². The Bertz CT molecular complexity index is 1180. The molecule has 2 aliphatic carbocycles. The van der Waals surface area contributed by atoms with Crippen LogP contribution in [0.1, 0.15) is 179 Å². The molecule has 4 heteroatoms. The smallest absolute Gasteiger partial charge is 0.150 e. The van der Waals surface area contributed by atoms with Crippen LogP contribution in [-0.4, -0.2) is 38.5 Å². The first kappa shape index (κ1) is 44.1. The summed E-state index contributed by atoms with van der Waals surface area (Å²) in [7, 11) is 2.74. The molecule has 0 aliphatic heterocycles. The van der Waals surface area contributed by atoms with E-state index in [-0.39, 0.29) is 0 Å². The van der Waals surface area contributed by atoms with Crippen molar-refractivity contribution in [1.29, 1.82) is 0 Å². The van der Waals surface area contributed by atoms with E-state index in [1.807, 2.05) is 30.3 Å². The van der Waals surface area contributed by atoms with Crippen molar-refractivity contribution < 1.29 is 19.4 Å². The van der Waals surface area contributed by atoms with Gasteiger partial charge in [-0.2, -0.15) is 0 Å². The van der Waals surface area contributed by atoms with Gasteiger partial charge in [-0.1, -0.05) is 151 Å². The van der Waals surface area contributed by atoms with E-state index in [4.69, 9.17) is 9.84 Å². The molecule has 0 heterocycles. The zero-order valence-corrected chi connectivity index (χ0v) is 32.7. The van der Waals surface area contributed by atoms with Crippen LogP contribution in [0.15, 0.2) is 78.9 Å². The molecule has 0 bridgehead atoms. The number of aldehydes is 2. The highest BCUT2D eigenvalue weighted by Gasteiger charge is 2.23. The summed E-state index contributed by atoms with van der Waals surface area (Å²) in [4.78, 5) is 21.3. The second-order valence-corrected chi connectivity index (χ2v) is 14.8. The Balaban J connectivity index is 0.000000268. The molecule has 282 valence electrons. The minimum atomic E-state index is 0.501. The topological polar surface area (TPSA) is 63.6 Å². The van der Waals surface area contributed by atoms with E-state index < -0.39 is 0 Å². The van der Waals surface area contributed by atoms with Crippen molar-refractivity contribution in [2.24, 2.45) is 11.8 Å². The molecule has 4 nitrogen and oxygen atoms in total. The van der Waals surface area contributed by atoms with Gasteiger partial charge in [0.25, 0.3) is 0 Å². The molecule has 0 amide bonds. The predicted octanol–water partition coefficient (Wildman–Crippen LogP) is 12.8. The maximum absolute atomic E-state index is 10.7. The zero-order chi connectivity index (χ0) is 37.1. The van der Waals surface area contributed by atoms with E-state index in [2.05, 4.69) is 69.3 Å². The lowest BCUT2D eigenvalue weighted by Gasteiger charge is -2.29. The Morgan fingerprint density at radius 2 is 1.00 bits per heavy atom. The molecule has 0 radical (unpaired) electrons. The lowest BCUT2D eigenvalue weighted by molar-refractivity contribution is 0.111. The number of aliphatic hydroxyl groups excluding tert-OH is 1. The highest BCUT2D eigenvalue weighted by Crippen LogP contribution is 2.39. The van der Waals surface area contributed by atoms with Crippen LogP contribution in [0.4, 0.5) is 0 Å². The van der Waals surface area contributed by atoms with Crippen molar-refractivity contribution >= 4 is 12.6 Å². The van der Waals surface area contributed by atoms with Crippen molar-refractivity contribution in [3.8, 4) is 0 Å². The first-order chi connectivity index (χ1) is 25.0. The number of benzene rings is 3. The van der Waals surface area contributed by atoms with Crippen molar-refractivity contribution in [3.63, 3.8) is 0 Å². The summed E-state index contributed by atoms with van der Waals surface area (Å²) < 4.78 is 5.06. The zero-order valence-electron chi connectivity index (χ0n) is 32.7. The molecule has 2 aliphatic rings. The van der Waals surface area contributed by atoms with E-state index in [1.165, 1.54) is 119 Å². The number of ether oxygens (including phenoxy) is 1. The highest BCUT2D eigenvalue weighted by atomic mass is 16.5. The molecule has 3 aromatic carbocycles. The second-order valence-electron chi connectivity index (χ2n) is 14.8. The Hall–Kier alpha value is -3.08. The van der Waals surface area contributed by atoms with Crippen LogP contribution in [-0.2, 0) is 4.74 Å². The van der Waals surface area contributed by atoms with E-state index in [0.29, 0.717) is 5.92 Å². The normalized spacial score (nSPS) is 20.2. The maximum Gasteiger partial charge on any atom is 0.150 e. The van der Waals surface area contributed by atoms with Crippen molar-refractivity contribution in [2.45, 2.75) is 141 Å². The van der Waals surface area contributed by atoms with Crippen LogP contribution >= 0.6 is 0 Å². The minimum absolute atomic E-state index is 0.501. The average molecular weight is 699 g/mol. The van der Waals surface area contributed by atoms with Gasteiger partial charge in [0, 0.05) is 31.3 Å². The van der Waals surface area contributed by atoms with E-state index in [9.17, 15) is 9.59 Å². The molecule has 3 aromatic rings. The summed E-state index contributed by atoms with van der Waals surface area (Å²) >= 11 is 0. The highest BCUT2D eigenvalue weighted by molar-refractivity contribution is 5.75. The molecule has 1 atom stereocenters. The molecule has 5 rings (SSSR count). The number of aliphatic hydroxyl groups is 1. The number of methoxy groups -OCH3 is 1. The maximum atomic E-state index is 10.7. The van der Waals surface area contributed by atoms with Crippen molar-refractivity contribution in [2.75, 3.05) is 20.8 Å². The molecule has 2 fully saturated rings. The number of hydrogen-bond acceptors (Lipinski definition) is 4. The molecule has 0 saturated heterocycles. The van der Waals surface area contributed by atoms with Crippen molar-refractivity contribution in [3.05, 3.63) is 107 Å². The number of unbranched alkanes of at least 4 members (excludes halogenated alkanes) is 4. The number of rotatable bonds is 15. The Labute approximate surface area is 311 Å². The van der Waals surface area contributed by atoms with Crippen molar-refractivity contribution in [1.82, 2.24) is 0 Å². The lowest BCUT2D eigenvalue weighted by atomic mass is 9.77. The van der Waals surface area contributed by atoms with Gasteiger partial charge in [-0.3, -0.25) is 9.59 Å². The summed E-state index contributed by atoms with van der Waals surface area (Å²) in [5, 5.41) is 7.00. The molecule has 0 aromatic heterocycles. The van der Waals surface area contributed by atoms with Gasteiger partial charge in [-0.25, -0.2) is 0 Å². The Kier molecular flexibility index (Phi) is 23.8.